The van der Waals surface area contributed by atoms with Gasteiger partial charge in [0.25, 0.3) is 5.91 Å². The third kappa shape index (κ3) is 4.44. The molecule has 1 unspecified atom stereocenters. The molecule has 0 aliphatic rings. The lowest BCUT2D eigenvalue weighted by Crippen LogP contribution is -2.32. The monoisotopic (exact) mass is 373 g/mol. The highest BCUT2D eigenvalue weighted by molar-refractivity contribution is 6.35. The van der Waals surface area contributed by atoms with Crippen molar-refractivity contribution in [3.8, 4) is 5.75 Å². The number of hydrogen-bond donors (Lipinski definition) is 1. The second kappa shape index (κ2) is 7.77. The van der Waals surface area contributed by atoms with Crippen LogP contribution in [-0.2, 0) is 4.79 Å². The number of nitrogens with one attached hydrogen (secondary N) is 1. The van der Waals surface area contributed by atoms with Crippen LogP contribution in [0.1, 0.15) is 13.3 Å². The Bertz CT molecular complexity index is 891. The summed E-state index contributed by atoms with van der Waals surface area (Å²) in [5.74, 6) is 0.416. The van der Waals surface area contributed by atoms with E-state index < -0.39 is 6.10 Å². The fraction of sp³-hybridized carbons (Fsp3) is 0.150. The SMILES string of the molecule is CCC(Oc1ccc2ccccc2c1)C(=O)Nc1cc(Cl)cc(Cl)c1. The molecule has 0 fully saturated rings. The topological polar surface area (TPSA) is 38.3 Å². The lowest BCUT2D eigenvalue weighted by atomic mass is 10.1. The molecule has 0 aromatic heterocycles. The molecule has 0 bridgehead atoms. The molecular weight excluding hydrogens is 357 g/mol. The van der Waals surface area contributed by atoms with Gasteiger partial charge in [-0.2, -0.15) is 0 Å². The van der Waals surface area contributed by atoms with Crippen molar-refractivity contribution < 1.29 is 9.53 Å². The van der Waals surface area contributed by atoms with Gasteiger partial charge in [0.05, 0.1) is 0 Å². The van der Waals surface area contributed by atoms with E-state index in [1.165, 1.54) is 0 Å². The van der Waals surface area contributed by atoms with Gasteiger partial charge in [0.15, 0.2) is 6.10 Å². The first kappa shape index (κ1) is 17.6. The zero-order chi connectivity index (χ0) is 17.8. The molecule has 3 nitrogen and oxygen atoms in total. The number of carbonyl (C=O) groups is 1. The smallest absolute Gasteiger partial charge is 0.265 e. The van der Waals surface area contributed by atoms with Gasteiger partial charge in [-0.1, -0.05) is 60.5 Å². The Hall–Kier alpha value is -2.23. The van der Waals surface area contributed by atoms with Crippen LogP contribution < -0.4 is 10.1 Å². The number of hydrogen-bond acceptors (Lipinski definition) is 2. The maximum Gasteiger partial charge on any atom is 0.265 e. The van der Waals surface area contributed by atoms with Gasteiger partial charge < -0.3 is 10.1 Å². The molecule has 0 heterocycles. The number of fused-ring (bicyclic) bond motifs is 1. The van der Waals surface area contributed by atoms with E-state index in [4.69, 9.17) is 27.9 Å². The van der Waals surface area contributed by atoms with E-state index in [1.54, 1.807) is 18.2 Å². The molecule has 128 valence electrons. The number of benzene rings is 3. The van der Waals surface area contributed by atoms with Gasteiger partial charge in [-0.3, -0.25) is 4.79 Å². The standard InChI is InChI=1S/C20H17Cl2NO2/c1-2-19(20(24)23-17-11-15(21)10-16(22)12-17)25-18-8-7-13-5-3-4-6-14(13)9-18/h3-12,19H,2H2,1H3,(H,23,24). The molecule has 1 atom stereocenters. The first-order valence-electron chi connectivity index (χ1n) is 7.97. The maximum atomic E-state index is 12.5. The fourth-order valence-corrected chi connectivity index (χ4v) is 3.10. The Morgan fingerprint density at radius 3 is 2.36 bits per heavy atom. The highest BCUT2D eigenvalue weighted by Crippen LogP contribution is 2.24. The Kier molecular flexibility index (Phi) is 5.47. The largest absolute Gasteiger partial charge is 0.481 e. The van der Waals surface area contributed by atoms with Crippen molar-refractivity contribution >= 4 is 45.6 Å². The molecule has 3 rings (SSSR count). The molecule has 0 saturated carbocycles. The minimum absolute atomic E-state index is 0.242. The maximum absolute atomic E-state index is 12.5. The van der Waals surface area contributed by atoms with Crippen LogP contribution in [-0.4, -0.2) is 12.0 Å². The summed E-state index contributed by atoms with van der Waals surface area (Å²) in [5.41, 5.74) is 0.545. The molecule has 3 aromatic rings. The summed E-state index contributed by atoms with van der Waals surface area (Å²) >= 11 is 11.9. The second-order valence-electron chi connectivity index (χ2n) is 5.67. The van der Waals surface area contributed by atoms with E-state index in [9.17, 15) is 4.79 Å². The number of ether oxygens (including phenoxy) is 1. The van der Waals surface area contributed by atoms with Crippen LogP contribution in [0.4, 0.5) is 5.69 Å². The summed E-state index contributed by atoms with van der Waals surface area (Å²) in [6.45, 7) is 1.90. The molecule has 0 saturated heterocycles. The minimum Gasteiger partial charge on any atom is -0.481 e. The van der Waals surface area contributed by atoms with Crippen LogP contribution in [0.3, 0.4) is 0 Å². The van der Waals surface area contributed by atoms with Crippen LogP contribution in [0.15, 0.2) is 60.7 Å². The van der Waals surface area contributed by atoms with Crippen molar-refractivity contribution in [2.75, 3.05) is 5.32 Å². The predicted octanol–water partition coefficient (Wildman–Crippen LogP) is 5.94. The van der Waals surface area contributed by atoms with E-state index in [1.807, 2.05) is 49.4 Å². The van der Waals surface area contributed by atoms with Gasteiger partial charge in [0.1, 0.15) is 5.75 Å². The summed E-state index contributed by atoms with van der Waals surface area (Å²) in [4.78, 5) is 12.5. The minimum atomic E-state index is -0.612. The fourth-order valence-electron chi connectivity index (χ4n) is 2.58. The number of carbonyl (C=O) groups excluding carboxylic acids is 1. The Labute approximate surface area is 156 Å². The van der Waals surface area contributed by atoms with Crippen molar-refractivity contribution in [2.24, 2.45) is 0 Å². The van der Waals surface area contributed by atoms with E-state index in [0.29, 0.717) is 27.9 Å². The molecule has 0 aliphatic heterocycles. The number of rotatable bonds is 5. The molecule has 1 amide bonds. The lowest BCUT2D eigenvalue weighted by molar-refractivity contribution is -0.122. The van der Waals surface area contributed by atoms with E-state index >= 15 is 0 Å². The molecule has 1 N–H and O–H groups in total. The Balaban J connectivity index is 1.75. The van der Waals surface area contributed by atoms with Crippen molar-refractivity contribution in [1.82, 2.24) is 0 Å². The van der Waals surface area contributed by atoms with Gasteiger partial charge in [0, 0.05) is 15.7 Å². The van der Waals surface area contributed by atoms with Crippen molar-refractivity contribution in [3.63, 3.8) is 0 Å². The van der Waals surface area contributed by atoms with Gasteiger partial charge >= 0.3 is 0 Å². The van der Waals surface area contributed by atoms with Crippen LogP contribution >= 0.6 is 23.2 Å². The zero-order valence-electron chi connectivity index (χ0n) is 13.6. The molecule has 5 heteroatoms. The van der Waals surface area contributed by atoms with Gasteiger partial charge in [-0.05, 0) is 47.5 Å². The summed E-state index contributed by atoms with van der Waals surface area (Å²) in [7, 11) is 0. The normalized spacial score (nSPS) is 12.0. The average Bonchev–Trinajstić information content (AvgIpc) is 2.58. The summed E-state index contributed by atoms with van der Waals surface area (Å²) in [5, 5.41) is 5.92. The van der Waals surface area contributed by atoms with E-state index in [0.717, 1.165) is 10.8 Å². The van der Waals surface area contributed by atoms with Crippen molar-refractivity contribution in [2.45, 2.75) is 19.4 Å². The van der Waals surface area contributed by atoms with E-state index in [-0.39, 0.29) is 5.91 Å². The van der Waals surface area contributed by atoms with Crippen molar-refractivity contribution in [1.29, 1.82) is 0 Å². The first-order valence-corrected chi connectivity index (χ1v) is 8.73. The summed E-state index contributed by atoms with van der Waals surface area (Å²) < 4.78 is 5.89. The van der Waals surface area contributed by atoms with Gasteiger partial charge in [-0.15, -0.1) is 0 Å². The highest BCUT2D eigenvalue weighted by atomic mass is 35.5. The van der Waals surface area contributed by atoms with Crippen LogP contribution in [0, 0.1) is 0 Å². The number of anilines is 1. The molecular formula is C20H17Cl2NO2. The number of halogens is 2. The van der Waals surface area contributed by atoms with Crippen LogP contribution in [0.5, 0.6) is 5.75 Å². The quantitative estimate of drug-likeness (QED) is 0.600. The molecule has 0 spiro atoms. The Morgan fingerprint density at radius 2 is 1.68 bits per heavy atom. The molecule has 0 aliphatic carbocycles. The third-order valence-corrected chi connectivity index (χ3v) is 4.23. The van der Waals surface area contributed by atoms with Crippen LogP contribution in [0.2, 0.25) is 10.0 Å². The van der Waals surface area contributed by atoms with Gasteiger partial charge in [-0.25, -0.2) is 0 Å². The average molecular weight is 374 g/mol. The highest BCUT2D eigenvalue weighted by Gasteiger charge is 2.19. The van der Waals surface area contributed by atoms with E-state index in [2.05, 4.69) is 5.32 Å². The van der Waals surface area contributed by atoms with Gasteiger partial charge in [0.2, 0.25) is 0 Å². The molecule has 3 aromatic carbocycles. The lowest BCUT2D eigenvalue weighted by Gasteiger charge is -2.18. The Morgan fingerprint density at radius 1 is 1.00 bits per heavy atom. The number of amides is 1. The summed E-state index contributed by atoms with van der Waals surface area (Å²) in [6.07, 6.45) is -0.0774. The van der Waals surface area contributed by atoms with Crippen molar-refractivity contribution in [3.05, 3.63) is 70.7 Å². The third-order valence-electron chi connectivity index (χ3n) is 3.79. The predicted molar refractivity (Wildman–Crippen MR) is 104 cm³/mol. The summed E-state index contributed by atoms with van der Waals surface area (Å²) in [6, 6.07) is 18.7. The van der Waals surface area contributed by atoms with Crippen LogP contribution in [0.25, 0.3) is 10.8 Å². The molecule has 0 radical (unpaired) electrons. The zero-order valence-corrected chi connectivity index (χ0v) is 15.1. The second-order valence-corrected chi connectivity index (χ2v) is 6.54. The molecule has 25 heavy (non-hydrogen) atoms. The first-order chi connectivity index (χ1) is 12.0.